The van der Waals surface area contributed by atoms with Crippen LogP contribution in [0.15, 0.2) is 47.3 Å². The van der Waals surface area contributed by atoms with Gasteiger partial charge in [-0.1, -0.05) is 18.2 Å². The van der Waals surface area contributed by atoms with Crippen LogP contribution in [0.2, 0.25) is 0 Å². The van der Waals surface area contributed by atoms with Crippen LogP contribution in [-0.4, -0.2) is 12.6 Å². The van der Waals surface area contributed by atoms with Crippen molar-refractivity contribution in [2.24, 2.45) is 0 Å². The first kappa shape index (κ1) is 12.4. The molecule has 1 aliphatic rings. The summed E-state index contributed by atoms with van der Waals surface area (Å²) in [5.41, 5.74) is 1.91. The predicted octanol–water partition coefficient (Wildman–Crippen LogP) is 3.50. The molecule has 1 atom stereocenters. The van der Waals surface area contributed by atoms with E-state index < -0.39 is 0 Å². The second kappa shape index (κ2) is 5.57. The molecule has 2 aromatic rings. The molecule has 1 aliphatic carbocycles. The topological polar surface area (TPSA) is 25.2 Å². The Bertz CT molecular complexity index is 519. The molecule has 19 heavy (non-hydrogen) atoms. The zero-order valence-electron chi connectivity index (χ0n) is 10.8. The molecule has 0 spiro atoms. The van der Waals surface area contributed by atoms with E-state index in [1.165, 1.54) is 18.9 Å². The van der Waals surface area contributed by atoms with Crippen molar-refractivity contribution >= 4 is 0 Å². The highest BCUT2D eigenvalue weighted by molar-refractivity contribution is 5.25. The largest absolute Gasteiger partial charge is 0.472 e. The molecule has 1 aromatic heterocycles. The van der Waals surface area contributed by atoms with Crippen molar-refractivity contribution in [3.63, 3.8) is 0 Å². The first-order chi connectivity index (χ1) is 9.33. The van der Waals surface area contributed by atoms with Crippen LogP contribution in [0.1, 0.15) is 29.9 Å². The maximum absolute atomic E-state index is 14.0. The quantitative estimate of drug-likeness (QED) is 0.859. The van der Waals surface area contributed by atoms with Crippen LogP contribution in [0.3, 0.4) is 0 Å². The Morgan fingerprint density at radius 1 is 1.26 bits per heavy atom. The summed E-state index contributed by atoms with van der Waals surface area (Å²) in [6.45, 7) is 0.816. The molecule has 1 N–H and O–H groups in total. The van der Waals surface area contributed by atoms with Gasteiger partial charge >= 0.3 is 0 Å². The van der Waals surface area contributed by atoms with Gasteiger partial charge in [0.1, 0.15) is 5.82 Å². The smallest absolute Gasteiger partial charge is 0.126 e. The van der Waals surface area contributed by atoms with E-state index in [-0.39, 0.29) is 11.7 Å². The van der Waals surface area contributed by atoms with Gasteiger partial charge in [-0.2, -0.15) is 0 Å². The summed E-state index contributed by atoms with van der Waals surface area (Å²) in [6.07, 6.45) is 6.70. The number of hydrogen-bond acceptors (Lipinski definition) is 2. The first-order valence-corrected chi connectivity index (χ1v) is 6.82. The van der Waals surface area contributed by atoms with E-state index in [0.717, 1.165) is 24.1 Å². The van der Waals surface area contributed by atoms with E-state index in [1.54, 1.807) is 18.6 Å². The maximum atomic E-state index is 14.0. The summed E-state index contributed by atoms with van der Waals surface area (Å²) in [5, 5.41) is 3.50. The van der Waals surface area contributed by atoms with E-state index >= 15 is 0 Å². The summed E-state index contributed by atoms with van der Waals surface area (Å²) in [4.78, 5) is 0. The summed E-state index contributed by atoms with van der Waals surface area (Å²) >= 11 is 0. The van der Waals surface area contributed by atoms with Gasteiger partial charge < -0.3 is 9.73 Å². The molecule has 0 radical (unpaired) electrons. The molecule has 1 heterocycles. The number of halogens is 1. The molecule has 1 aromatic carbocycles. The lowest BCUT2D eigenvalue weighted by Crippen LogP contribution is -2.25. The van der Waals surface area contributed by atoms with Gasteiger partial charge in [-0.05, 0) is 42.5 Å². The molecular formula is C16H18FNO. The zero-order valence-corrected chi connectivity index (χ0v) is 10.8. The minimum Gasteiger partial charge on any atom is -0.472 e. The summed E-state index contributed by atoms with van der Waals surface area (Å²) in [6, 6.07) is 9.65. The second-order valence-corrected chi connectivity index (χ2v) is 5.24. The highest BCUT2D eigenvalue weighted by atomic mass is 19.1. The van der Waals surface area contributed by atoms with E-state index in [9.17, 15) is 4.39 Å². The lowest BCUT2D eigenvalue weighted by molar-refractivity contribution is 0.529. The van der Waals surface area contributed by atoms with Crippen molar-refractivity contribution in [3.05, 3.63) is 59.8 Å². The van der Waals surface area contributed by atoms with Crippen LogP contribution >= 0.6 is 0 Å². The Balaban J connectivity index is 1.76. The van der Waals surface area contributed by atoms with Crippen molar-refractivity contribution in [2.45, 2.75) is 31.2 Å². The van der Waals surface area contributed by atoms with Crippen LogP contribution in [0.5, 0.6) is 0 Å². The van der Waals surface area contributed by atoms with Gasteiger partial charge in [-0.25, -0.2) is 4.39 Å². The maximum Gasteiger partial charge on any atom is 0.126 e. The van der Waals surface area contributed by atoms with Gasteiger partial charge in [0, 0.05) is 18.5 Å². The summed E-state index contributed by atoms with van der Waals surface area (Å²) in [7, 11) is 0. The fourth-order valence-electron chi connectivity index (χ4n) is 2.39. The third-order valence-electron chi connectivity index (χ3n) is 3.64. The van der Waals surface area contributed by atoms with E-state index in [1.807, 2.05) is 18.2 Å². The van der Waals surface area contributed by atoms with E-state index in [2.05, 4.69) is 5.32 Å². The Kier molecular flexibility index (Phi) is 3.65. The molecular weight excluding hydrogens is 241 g/mol. The van der Waals surface area contributed by atoms with Gasteiger partial charge in [0.05, 0.1) is 12.5 Å². The van der Waals surface area contributed by atoms with E-state index in [0.29, 0.717) is 6.04 Å². The third-order valence-corrected chi connectivity index (χ3v) is 3.64. The Hall–Kier alpha value is -1.61. The number of benzene rings is 1. The third kappa shape index (κ3) is 3.24. The Labute approximate surface area is 112 Å². The van der Waals surface area contributed by atoms with Crippen LogP contribution in [0.4, 0.5) is 4.39 Å². The molecule has 1 saturated carbocycles. The van der Waals surface area contributed by atoms with Crippen LogP contribution in [0, 0.1) is 5.82 Å². The number of furan rings is 1. The molecule has 0 saturated heterocycles. The molecule has 3 rings (SSSR count). The molecule has 0 aliphatic heterocycles. The zero-order chi connectivity index (χ0) is 13.1. The van der Waals surface area contributed by atoms with Crippen LogP contribution in [-0.2, 0) is 6.42 Å². The van der Waals surface area contributed by atoms with E-state index in [4.69, 9.17) is 4.42 Å². The lowest BCUT2D eigenvalue weighted by Gasteiger charge is -2.18. The predicted molar refractivity (Wildman–Crippen MR) is 72.6 cm³/mol. The molecule has 2 nitrogen and oxygen atoms in total. The first-order valence-electron chi connectivity index (χ1n) is 6.82. The molecule has 1 unspecified atom stereocenters. The van der Waals surface area contributed by atoms with Crippen molar-refractivity contribution in [2.75, 3.05) is 6.54 Å². The van der Waals surface area contributed by atoms with Crippen molar-refractivity contribution < 1.29 is 8.81 Å². The second-order valence-electron chi connectivity index (χ2n) is 5.24. The number of nitrogens with one attached hydrogen (secondary N) is 1. The average molecular weight is 259 g/mol. The Morgan fingerprint density at radius 3 is 2.79 bits per heavy atom. The molecule has 100 valence electrons. The molecule has 0 amide bonds. The van der Waals surface area contributed by atoms with Crippen molar-refractivity contribution in [1.29, 1.82) is 0 Å². The minimum absolute atomic E-state index is 0.117. The van der Waals surface area contributed by atoms with Gasteiger partial charge in [0.25, 0.3) is 0 Å². The molecule has 3 heteroatoms. The Morgan fingerprint density at radius 2 is 2.11 bits per heavy atom. The number of hydrogen-bond donors (Lipinski definition) is 1. The number of rotatable bonds is 6. The lowest BCUT2D eigenvalue weighted by atomic mass is 9.92. The van der Waals surface area contributed by atoms with Gasteiger partial charge in [-0.3, -0.25) is 0 Å². The summed E-state index contributed by atoms with van der Waals surface area (Å²) < 4.78 is 19.1. The molecule has 1 fully saturated rings. The average Bonchev–Trinajstić information content (AvgIpc) is 3.11. The van der Waals surface area contributed by atoms with Crippen LogP contribution in [0.25, 0.3) is 0 Å². The normalized spacial score (nSPS) is 16.5. The highest BCUT2D eigenvalue weighted by Crippen LogP contribution is 2.25. The SMILES string of the molecule is Fc1ccccc1C(CNC1CC1)Cc1ccoc1. The van der Waals surface area contributed by atoms with Gasteiger partial charge in [-0.15, -0.1) is 0 Å². The summed E-state index contributed by atoms with van der Waals surface area (Å²) in [5.74, 6) is 0.0352. The van der Waals surface area contributed by atoms with Crippen molar-refractivity contribution in [1.82, 2.24) is 5.32 Å². The highest BCUT2D eigenvalue weighted by Gasteiger charge is 2.23. The van der Waals surface area contributed by atoms with Gasteiger partial charge in [0.2, 0.25) is 0 Å². The minimum atomic E-state index is -0.117. The standard InChI is InChI=1S/C16H18FNO/c17-16-4-2-1-3-15(16)13(10-18-14-5-6-14)9-12-7-8-19-11-12/h1-4,7-8,11,13-14,18H,5-6,9-10H2. The molecule has 0 bridgehead atoms. The van der Waals surface area contributed by atoms with Crippen LogP contribution < -0.4 is 5.32 Å². The monoisotopic (exact) mass is 259 g/mol. The van der Waals surface area contributed by atoms with Gasteiger partial charge in [0.15, 0.2) is 0 Å². The fourth-order valence-corrected chi connectivity index (χ4v) is 2.39. The van der Waals surface area contributed by atoms with Crippen molar-refractivity contribution in [3.8, 4) is 0 Å². The fraction of sp³-hybridized carbons (Fsp3) is 0.375.